The molecule has 90 valence electrons. The van der Waals surface area contributed by atoms with Gasteiger partial charge in [0.1, 0.15) is 5.78 Å². The molecule has 0 radical (unpaired) electrons. The van der Waals surface area contributed by atoms with Crippen LogP contribution in [0.25, 0.3) is 0 Å². The highest BCUT2D eigenvalue weighted by Gasteiger charge is 2.64. The van der Waals surface area contributed by atoms with Crippen molar-refractivity contribution >= 4 is 5.78 Å². The number of fused-ring (bicyclic) bond motifs is 2. The second kappa shape index (κ2) is 2.80. The van der Waals surface area contributed by atoms with Crippen molar-refractivity contribution in [1.82, 2.24) is 0 Å². The normalized spacial score (nSPS) is 46.4. The Hall–Kier alpha value is -0.590. The van der Waals surface area contributed by atoms with Crippen molar-refractivity contribution in [3.05, 3.63) is 11.1 Å². The van der Waals surface area contributed by atoms with Crippen molar-refractivity contribution in [3.8, 4) is 0 Å². The SMILES string of the molecule is CC1=C(C)C2(C)CC(C)C1(C)C(=O)C2(C)C. The van der Waals surface area contributed by atoms with Crippen LogP contribution in [0.5, 0.6) is 0 Å². The average molecular weight is 220 g/mol. The Balaban J connectivity index is 2.79. The van der Waals surface area contributed by atoms with E-state index in [1.807, 2.05) is 0 Å². The molecular weight excluding hydrogens is 196 g/mol. The molecule has 0 N–H and O–H groups in total. The summed E-state index contributed by atoms with van der Waals surface area (Å²) in [5.41, 5.74) is 2.42. The van der Waals surface area contributed by atoms with Gasteiger partial charge in [-0.1, -0.05) is 38.8 Å². The minimum atomic E-state index is -0.217. The van der Waals surface area contributed by atoms with Crippen LogP contribution in [0.4, 0.5) is 0 Å². The van der Waals surface area contributed by atoms with Crippen LogP contribution in [0.3, 0.4) is 0 Å². The van der Waals surface area contributed by atoms with E-state index in [4.69, 9.17) is 0 Å². The van der Waals surface area contributed by atoms with Gasteiger partial charge in [0, 0.05) is 10.8 Å². The first-order valence-electron chi connectivity index (χ1n) is 6.33. The molecule has 3 aliphatic carbocycles. The third kappa shape index (κ3) is 0.919. The first kappa shape index (κ1) is 11.9. The van der Waals surface area contributed by atoms with Gasteiger partial charge in [-0.3, -0.25) is 4.79 Å². The van der Waals surface area contributed by atoms with Crippen molar-refractivity contribution in [2.75, 3.05) is 0 Å². The predicted octanol–water partition coefficient (Wildman–Crippen LogP) is 3.98. The van der Waals surface area contributed by atoms with E-state index in [0.717, 1.165) is 6.42 Å². The molecule has 1 nitrogen and oxygen atoms in total. The fourth-order valence-corrected chi connectivity index (χ4v) is 4.16. The number of rotatable bonds is 0. The lowest BCUT2D eigenvalue weighted by Gasteiger charge is -2.62. The van der Waals surface area contributed by atoms with E-state index in [2.05, 4.69) is 48.5 Å². The van der Waals surface area contributed by atoms with Crippen LogP contribution >= 0.6 is 0 Å². The molecule has 0 aromatic rings. The highest BCUT2D eigenvalue weighted by molar-refractivity contribution is 5.96. The molecule has 1 heteroatoms. The summed E-state index contributed by atoms with van der Waals surface area (Å²) in [4.78, 5) is 12.8. The molecule has 16 heavy (non-hydrogen) atoms. The van der Waals surface area contributed by atoms with Gasteiger partial charge >= 0.3 is 0 Å². The quantitative estimate of drug-likeness (QED) is 0.564. The molecule has 0 aliphatic heterocycles. The smallest absolute Gasteiger partial charge is 0.149 e. The summed E-state index contributed by atoms with van der Waals surface area (Å²) >= 11 is 0. The van der Waals surface area contributed by atoms with E-state index in [9.17, 15) is 4.79 Å². The van der Waals surface area contributed by atoms with Crippen LogP contribution in [-0.2, 0) is 4.79 Å². The van der Waals surface area contributed by atoms with E-state index in [1.165, 1.54) is 11.1 Å². The average Bonchev–Trinajstić information content (AvgIpc) is 2.20. The summed E-state index contributed by atoms with van der Waals surface area (Å²) in [6.07, 6.45) is 1.14. The summed E-state index contributed by atoms with van der Waals surface area (Å²) in [6, 6.07) is 0. The number of Topliss-reactive ketones (excluding diaryl/α,β-unsaturated/α-hetero) is 1. The van der Waals surface area contributed by atoms with E-state index in [-0.39, 0.29) is 16.2 Å². The van der Waals surface area contributed by atoms with E-state index >= 15 is 0 Å². The highest BCUT2D eigenvalue weighted by atomic mass is 16.1. The zero-order valence-electron chi connectivity index (χ0n) is 11.7. The number of carbonyl (C=O) groups is 1. The van der Waals surface area contributed by atoms with Gasteiger partial charge in [-0.2, -0.15) is 0 Å². The second-order valence-corrected chi connectivity index (χ2v) is 6.84. The maximum absolute atomic E-state index is 12.8. The van der Waals surface area contributed by atoms with Crippen molar-refractivity contribution in [2.45, 2.75) is 54.9 Å². The Morgan fingerprint density at radius 1 is 1.06 bits per heavy atom. The van der Waals surface area contributed by atoms with Crippen LogP contribution in [0, 0.1) is 22.2 Å². The van der Waals surface area contributed by atoms with Crippen molar-refractivity contribution in [2.24, 2.45) is 22.2 Å². The molecule has 1 saturated carbocycles. The van der Waals surface area contributed by atoms with Gasteiger partial charge < -0.3 is 0 Å². The molecule has 3 aliphatic rings. The van der Waals surface area contributed by atoms with Crippen molar-refractivity contribution in [3.63, 3.8) is 0 Å². The molecule has 1 fully saturated rings. The lowest BCUT2D eigenvalue weighted by molar-refractivity contribution is -0.155. The van der Waals surface area contributed by atoms with Gasteiger partial charge in [0.15, 0.2) is 0 Å². The molecule has 3 unspecified atom stereocenters. The van der Waals surface area contributed by atoms with Crippen LogP contribution in [-0.4, -0.2) is 5.78 Å². The first-order chi connectivity index (χ1) is 7.10. The fourth-order valence-electron chi connectivity index (χ4n) is 4.16. The van der Waals surface area contributed by atoms with E-state index < -0.39 is 0 Å². The maximum atomic E-state index is 12.8. The molecule has 0 amide bonds. The van der Waals surface area contributed by atoms with Crippen LogP contribution < -0.4 is 0 Å². The Morgan fingerprint density at radius 2 is 1.56 bits per heavy atom. The molecule has 0 heterocycles. The summed E-state index contributed by atoms with van der Waals surface area (Å²) < 4.78 is 0. The number of hydrogen-bond donors (Lipinski definition) is 0. The molecular formula is C15H24O. The molecule has 3 rings (SSSR count). The first-order valence-corrected chi connectivity index (χ1v) is 6.33. The summed E-state index contributed by atoms with van der Waals surface area (Å²) in [6.45, 7) is 15.3. The summed E-state index contributed by atoms with van der Waals surface area (Å²) in [7, 11) is 0. The van der Waals surface area contributed by atoms with Gasteiger partial charge in [-0.25, -0.2) is 0 Å². The fraction of sp³-hybridized carbons (Fsp3) is 0.800. The highest BCUT2D eigenvalue weighted by Crippen LogP contribution is 2.66. The molecule has 2 bridgehead atoms. The summed E-state index contributed by atoms with van der Waals surface area (Å²) in [5.74, 6) is 0.922. The van der Waals surface area contributed by atoms with Crippen LogP contribution in [0.1, 0.15) is 54.9 Å². The monoisotopic (exact) mass is 220 g/mol. The Labute approximate surface area is 99.3 Å². The number of hydrogen-bond acceptors (Lipinski definition) is 1. The third-order valence-corrected chi connectivity index (χ3v) is 6.29. The van der Waals surface area contributed by atoms with Gasteiger partial charge in [0.25, 0.3) is 0 Å². The topological polar surface area (TPSA) is 17.1 Å². The van der Waals surface area contributed by atoms with Gasteiger partial charge in [-0.15, -0.1) is 0 Å². The Bertz CT molecular complexity index is 402. The van der Waals surface area contributed by atoms with Crippen molar-refractivity contribution in [1.29, 1.82) is 0 Å². The maximum Gasteiger partial charge on any atom is 0.149 e. The molecule has 0 saturated heterocycles. The Morgan fingerprint density at radius 3 is 2.06 bits per heavy atom. The standard InChI is InChI=1S/C15H24O/c1-9-8-14(6)10(2)11(3)15(9,7)12(16)13(14,4)5/h9H,8H2,1-7H3. The van der Waals surface area contributed by atoms with Crippen LogP contribution in [0.15, 0.2) is 11.1 Å². The molecule has 0 aromatic heterocycles. The van der Waals surface area contributed by atoms with Gasteiger partial charge in [0.2, 0.25) is 0 Å². The van der Waals surface area contributed by atoms with E-state index in [1.54, 1.807) is 0 Å². The third-order valence-electron chi connectivity index (χ3n) is 6.29. The molecule has 3 atom stereocenters. The van der Waals surface area contributed by atoms with Gasteiger partial charge in [0.05, 0.1) is 5.41 Å². The van der Waals surface area contributed by atoms with Crippen LogP contribution in [0.2, 0.25) is 0 Å². The van der Waals surface area contributed by atoms with Gasteiger partial charge in [-0.05, 0) is 33.1 Å². The molecule has 0 aromatic carbocycles. The largest absolute Gasteiger partial charge is 0.298 e. The summed E-state index contributed by atoms with van der Waals surface area (Å²) in [5, 5.41) is 0. The zero-order chi connectivity index (χ0) is 12.5. The Kier molecular flexibility index (Phi) is 2.08. The molecule has 0 spiro atoms. The number of ketones is 1. The minimum Gasteiger partial charge on any atom is -0.298 e. The predicted molar refractivity (Wildman–Crippen MR) is 67.2 cm³/mol. The second-order valence-electron chi connectivity index (χ2n) is 6.84. The number of carbonyl (C=O) groups excluding carboxylic acids is 1. The lowest BCUT2D eigenvalue weighted by Crippen LogP contribution is -2.61. The zero-order valence-corrected chi connectivity index (χ0v) is 11.7. The minimum absolute atomic E-state index is 0.0609. The van der Waals surface area contributed by atoms with Crippen molar-refractivity contribution < 1.29 is 4.79 Å². The number of allylic oxidation sites excluding steroid dienone is 2. The lowest BCUT2D eigenvalue weighted by atomic mass is 9.40. The van der Waals surface area contributed by atoms with E-state index in [0.29, 0.717) is 11.7 Å².